The van der Waals surface area contributed by atoms with Crippen molar-refractivity contribution in [2.75, 3.05) is 24.0 Å². The van der Waals surface area contributed by atoms with Gasteiger partial charge < -0.3 is 15.3 Å². The Morgan fingerprint density at radius 2 is 2.27 bits per heavy atom. The normalized spacial score (nSPS) is 15.1. The lowest BCUT2D eigenvalue weighted by Gasteiger charge is -2.26. The number of hydrogen-bond acceptors (Lipinski definition) is 3. The molecule has 2 rings (SSSR count). The van der Waals surface area contributed by atoms with Crippen LogP contribution in [0.2, 0.25) is 0 Å². The highest BCUT2D eigenvalue weighted by atomic mass is 16.3. The van der Waals surface area contributed by atoms with E-state index in [2.05, 4.69) is 5.32 Å². The van der Waals surface area contributed by atoms with Crippen molar-refractivity contribution in [3.05, 3.63) is 23.8 Å². The first-order valence-electron chi connectivity index (χ1n) is 4.96. The van der Waals surface area contributed by atoms with Crippen molar-refractivity contribution >= 4 is 17.3 Å². The molecule has 4 nitrogen and oxygen atoms in total. The maximum atomic E-state index is 11.4. The van der Waals surface area contributed by atoms with E-state index < -0.39 is 0 Å². The van der Waals surface area contributed by atoms with Crippen LogP contribution in [0, 0.1) is 0 Å². The predicted molar refractivity (Wildman–Crippen MR) is 58.9 cm³/mol. The number of carbonyl (C=O) groups is 1. The van der Waals surface area contributed by atoms with Gasteiger partial charge in [-0.1, -0.05) is 0 Å². The van der Waals surface area contributed by atoms with Crippen molar-refractivity contribution < 1.29 is 9.90 Å². The molecule has 1 aromatic rings. The van der Waals surface area contributed by atoms with Crippen LogP contribution in [0.15, 0.2) is 18.2 Å². The van der Waals surface area contributed by atoms with Crippen LogP contribution < -0.4 is 10.2 Å². The molecule has 0 atom stereocenters. The molecular weight excluding hydrogens is 192 g/mol. The molecule has 0 saturated carbocycles. The fourth-order valence-electron chi connectivity index (χ4n) is 1.86. The molecular formula is C11H14N2O2. The van der Waals surface area contributed by atoms with Gasteiger partial charge in [0, 0.05) is 24.8 Å². The molecule has 1 amide bonds. The maximum absolute atomic E-state index is 11.4. The summed E-state index contributed by atoms with van der Waals surface area (Å²) in [5, 5.41) is 11.6. The van der Waals surface area contributed by atoms with Gasteiger partial charge in [-0.05, 0) is 30.2 Å². The Balaban J connectivity index is 2.34. The van der Waals surface area contributed by atoms with E-state index >= 15 is 0 Å². The molecule has 0 bridgehead atoms. The average Bonchev–Trinajstić information content (AvgIpc) is 2.24. The molecule has 1 aliphatic rings. The quantitative estimate of drug-likeness (QED) is 0.708. The number of nitrogens with one attached hydrogen (secondary N) is 1. The second-order valence-electron chi connectivity index (χ2n) is 3.63. The van der Waals surface area contributed by atoms with Crippen molar-refractivity contribution in [3.8, 4) is 0 Å². The van der Waals surface area contributed by atoms with Gasteiger partial charge >= 0.3 is 0 Å². The number of amides is 1. The van der Waals surface area contributed by atoms with E-state index in [1.54, 1.807) is 11.9 Å². The molecule has 0 saturated heterocycles. The standard InChI is InChI=1S/C11H14N2O2/c1-13-10-4-3-9(12-7-14)6-8(10)2-5-11(13)15/h3-4,6,12,14H,2,5,7H2,1H3. The number of aryl methyl sites for hydroxylation is 1. The minimum absolute atomic E-state index is 0.0758. The topological polar surface area (TPSA) is 52.6 Å². The molecule has 1 heterocycles. The Kier molecular flexibility index (Phi) is 2.60. The van der Waals surface area contributed by atoms with Gasteiger partial charge in [0.1, 0.15) is 6.73 Å². The first kappa shape index (κ1) is 9.98. The Morgan fingerprint density at radius 3 is 3.00 bits per heavy atom. The number of hydrogen-bond donors (Lipinski definition) is 2. The van der Waals surface area contributed by atoms with Gasteiger partial charge in [0.15, 0.2) is 0 Å². The maximum Gasteiger partial charge on any atom is 0.227 e. The first-order valence-corrected chi connectivity index (χ1v) is 4.96. The molecule has 4 heteroatoms. The van der Waals surface area contributed by atoms with Gasteiger partial charge in [0.25, 0.3) is 0 Å². The van der Waals surface area contributed by atoms with E-state index in [-0.39, 0.29) is 12.6 Å². The molecule has 0 aromatic heterocycles. The molecule has 1 aliphatic heterocycles. The summed E-state index contributed by atoms with van der Waals surface area (Å²) in [6.07, 6.45) is 1.34. The second kappa shape index (κ2) is 3.90. The number of fused-ring (bicyclic) bond motifs is 1. The lowest BCUT2D eigenvalue weighted by Crippen LogP contribution is -2.31. The molecule has 0 fully saturated rings. The second-order valence-corrected chi connectivity index (χ2v) is 3.63. The summed E-state index contributed by atoms with van der Waals surface area (Å²) in [6.45, 7) is -0.0758. The predicted octanol–water partition coefficient (Wildman–Crippen LogP) is 0.957. The summed E-state index contributed by atoms with van der Waals surface area (Å²) in [7, 11) is 1.79. The van der Waals surface area contributed by atoms with Crippen LogP contribution in [0.4, 0.5) is 11.4 Å². The third-order valence-electron chi connectivity index (χ3n) is 2.71. The molecule has 2 N–H and O–H groups in total. The zero-order valence-electron chi connectivity index (χ0n) is 8.66. The van der Waals surface area contributed by atoms with Gasteiger partial charge in [-0.3, -0.25) is 4.79 Å². The molecule has 1 aromatic carbocycles. The van der Waals surface area contributed by atoms with Crippen LogP contribution in [0.5, 0.6) is 0 Å². The Labute approximate surface area is 88.5 Å². The van der Waals surface area contributed by atoms with Crippen LogP contribution in [-0.4, -0.2) is 24.8 Å². The number of rotatable bonds is 2. The van der Waals surface area contributed by atoms with E-state index in [0.717, 1.165) is 23.4 Å². The van der Waals surface area contributed by atoms with Crippen molar-refractivity contribution in [3.63, 3.8) is 0 Å². The number of anilines is 2. The van der Waals surface area contributed by atoms with Crippen LogP contribution in [-0.2, 0) is 11.2 Å². The molecule has 15 heavy (non-hydrogen) atoms. The summed E-state index contributed by atoms with van der Waals surface area (Å²) < 4.78 is 0. The Hall–Kier alpha value is -1.55. The summed E-state index contributed by atoms with van der Waals surface area (Å²) in [6, 6.07) is 5.75. The number of nitrogens with zero attached hydrogens (tertiary/aromatic N) is 1. The van der Waals surface area contributed by atoms with E-state index in [0.29, 0.717) is 6.42 Å². The summed E-state index contributed by atoms with van der Waals surface area (Å²) >= 11 is 0. The van der Waals surface area contributed by atoms with E-state index in [1.807, 2.05) is 18.2 Å². The number of aliphatic hydroxyl groups is 1. The van der Waals surface area contributed by atoms with E-state index in [1.165, 1.54) is 0 Å². The first-order chi connectivity index (χ1) is 7.22. The highest BCUT2D eigenvalue weighted by Gasteiger charge is 2.20. The minimum atomic E-state index is -0.0758. The van der Waals surface area contributed by atoms with Crippen LogP contribution in [0.1, 0.15) is 12.0 Å². The third kappa shape index (κ3) is 1.80. The third-order valence-corrected chi connectivity index (χ3v) is 2.71. The Morgan fingerprint density at radius 1 is 1.47 bits per heavy atom. The fraction of sp³-hybridized carbons (Fsp3) is 0.364. The zero-order valence-corrected chi connectivity index (χ0v) is 8.66. The average molecular weight is 206 g/mol. The summed E-state index contributed by atoms with van der Waals surface area (Å²) in [5.74, 6) is 0.158. The van der Waals surface area contributed by atoms with Gasteiger partial charge in [0.05, 0.1) is 0 Å². The SMILES string of the molecule is CN1C(=O)CCc2cc(NCO)ccc21. The van der Waals surface area contributed by atoms with Crippen molar-refractivity contribution in [1.82, 2.24) is 0 Å². The van der Waals surface area contributed by atoms with Crippen molar-refractivity contribution in [2.24, 2.45) is 0 Å². The number of aliphatic hydroxyl groups excluding tert-OH is 1. The summed E-state index contributed by atoms with van der Waals surface area (Å²) in [5.41, 5.74) is 3.00. The van der Waals surface area contributed by atoms with Crippen LogP contribution in [0.25, 0.3) is 0 Å². The minimum Gasteiger partial charge on any atom is -0.377 e. The highest BCUT2D eigenvalue weighted by molar-refractivity contribution is 5.96. The molecule has 80 valence electrons. The smallest absolute Gasteiger partial charge is 0.227 e. The molecule has 0 radical (unpaired) electrons. The Bertz CT molecular complexity index is 390. The largest absolute Gasteiger partial charge is 0.377 e. The fourth-order valence-corrected chi connectivity index (χ4v) is 1.86. The van der Waals surface area contributed by atoms with Gasteiger partial charge in [-0.25, -0.2) is 0 Å². The monoisotopic (exact) mass is 206 g/mol. The molecule has 0 aliphatic carbocycles. The number of benzene rings is 1. The van der Waals surface area contributed by atoms with E-state index in [9.17, 15) is 4.79 Å². The zero-order chi connectivity index (χ0) is 10.8. The highest BCUT2D eigenvalue weighted by Crippen LogP contribution is 2.28. The summed E-state index contributed by atoms with van der Waals surface area (Å²) in [4.78, 5) is 13.1. The lowest BCUT2D eigenvalue weighted by atomic mass is 10.0. The number of carbonyl (C=O) groups excluding carboxylic acids is 1. The van der Waals surface area contributed by atoms with Gasteiger partial charge in [-0.2, -0.15) is 0 Å². The van der Waals surface area contributed by atoms with Gasteiger partial charge in [0.2, 0.25) is 5.91 Å². The van der Waals surface area contributed by atoms with Crippen LogP contribution in [0.3, 0.4) is 0 Å². The molecule has 0 unspecified atom stereocenters. The van der Waals surface area contributed by atoms with Gasteiger partial charge in [-0.15, -0.1) is 0 Å². The lowest BCUT2D eigenvalue weighted by molar-refractivity contribution is -0.118. The van der Waals surface area contributed by atoms with Crippen LogP contribution >= 0.6 is 0 Å². The van der Waals surface area contributed by atoms with E-state index in [4.69, 9.17) is 5.11 Å². The van der Waals surface area contributed by atoms with Crippen molar-refractivity contribution in [2.45, 2.75) is 12.8 Å². The molecule has 0 spiro atoms. The van der Waals surface area contributed by atoms with Crippen molar-refractivity contribution in [1.29, 1.82) is 0 Å².